The number of carbonyl (C=O) groups excluding carboxylic acids is 2. The molecule has 152 valence electrons. The summed E-state index contributed by atoms with van der Waals surface area (Å²) in [6.45, 7) is 4.46. The fourth-order valence-corrected chi connectivity index (χ4v) is 3.33. The molecule has 0 spiro atoms. The van der Waals surface area contributed by atoms with Crippen LogP contribution >= 0.6 is 0 Å². The van der Waals surface area contributed by atoms with Crippen LogP contribution < -0.4 is 15.0 Å². The Morgan fingerprint density at radius 1 is 1.03 bits per heavy atom. The first kappa shape index (κ1) is 20.5. The van der Waals surface area contributed by atoms with Crippen LogP contribution in [0.2, 0.25) is 0 Å². The summed E-state index contributed by atoms with van der Waals surface area (Å²) in [5.41, 5.74) is 2.03. The third-order valence-electron chi connectivity index (χ3n) is 4.97. The largest absolute Gasteiger partial charge is 0.497 e. The maximum Gasteiger partial charge on any atom is 0.244 e. The normalized spacial score (nSPS) is 15.2. The summed E-state index contributed by atoms with van der Waals surface area (Å²) in [6, 6.07) is 16.9. The number of methoxy groups -OCH3 is 1. The van der Waals surface area contributed by atoms with E-state index in [1.54, 1.807) is 20.1 Å². The number of amides is 2. The van der Waals surface area contributed by atoms with Gasteiger partial charge in [-0.2, -0.15) is 0 Å². The predicted molar refractivity (Wildman–Crippen MR) is 115 cm³/mol. The number of rotatable bonds is 6. The molecule has 0 saturated carbocycles. The van der Waals surface area contributed by atoms with E-state index in [0.29, 0.717) is 13.1 Å². The SMILES string of the molecule is COc1cccc(N2CCN(C(=O)C(C)NC(=O)/C=C/c3ccccc3)CC2)c1. The minimum Gasteiger partial charge on any atom is -0.497 e. The molecule has 0 aliphatic carbocycles. The van der Waals surface area contributed by atoms with Gasteiger partial charge in [0.15, 0.2) is 0 Å². The summed E-state index contributed by atoms with van der Waals surface area (Å²) in [6.07, 6.45) is 3.19. The molecule has 6 heteroatoms. The highest BCUT2D eigenvalue weighted by Gasteiger charge is 2.25. The van der Waals surface area contributed by atoms with Crippen LogP contribution in [0, 0.1) is 0 Å². The van der Waals surface area contributed by atoms with Crippen LogP contribution in [-0.2, 0) is 9.59 Å². The van der Waals surface area contributed by atoms with Gasteiger partial charge in [-0.15, -0.1) is 0 Å². The van der Waals surface area contributed by atoms with Crippen LogP contribution in [0.25, 0.3) is 6.08 Å². The Morgan fingerprint density at radius 3 is 2.45 bits per heavy atom. The van der Waals surface area contributed by atoms with Gasteiger partial charge in [0, 0.05) is 44.0 Å². The molecule has 1 fully saturated rings. The molecule has 2 amide bonds. The van der Waals surface area contributed by atoms with Crippen LogP contribution in [-0.4, -0.2) is 56.0 Å². The van der Waals surface area contributed by atoms with Gasteiger partial charge in [0.1, 0.15) is 11.8 Å². The maximum absolute atomic E-state index is 12.7. The second-order valence-electron chi connectivity index (χ2n) is 6.99. The monoisotopic (exact) mass is 393 g/mol. The van der Waals surface area contributed by atoms with Crippen molar-refractivity contribution in [3.05, 3.63) is 66.2 Å². The fourth-order valence-electron chi connectivity index (χ4n) is 3.33. The first-order chi connectivity index (χ1) is 14.1. The number of hydrogen-bond acceptors (Lipinski definition) is 4. The summed E-state index contributed by atoms with van der Waals surface area (Å²) < 4.78 is 5.28. The smallest absolute Gasteiger partial charge is 0.244 e. The second kappa shape index (κ2) is 9.78. The highest BCUT2D eigenvalue weighted by molar-refractivity contribution is 5.95. The molecule has 0 bridgehead atoms. The average molecular weight is 393 g/mol. The Balaban J connectivity index is 1.49. The van der Waals surface area contributed by atoms with E-state index in [1.165, 1.54) is 6.08 Å². The molecule has 6 nitrogen and oxygen atoms in total. The Morgan fingerprint density at radius 2 is 1.76 bits per heavy atom. The minimum atomic E-state index is -0.564. The lowest BCUT2D eigenvalue weighted by Crippen LogP contribution is -2.54. The molecule has 0 radical (unpaired) electrons. The molecule has 1 saturated heterocycles. The molecule has 1 N–H and O–H groups in total. The maximum atomic E-state index is 12.7. The summed E-state index contributed by atoms with van der Waals surface area (Å²) >= 11 is 0. The molecule has 1 heterocycles. The number of benzene rings is 2. The molecular formula is C23H27N3O3. The van der Waals surface area contributed by atoms with Gasteiger partial charge in [-0.3, -0.25) is 9.59 Å². The Bertz CT molecular complexity index is 859. The average Bonchev–Trinajstić information content (AvgIpc) is 2.78. The Hall–Kier alpha value is -3.28. The van der Waals surface area contributed by atoms with Gasteiger partial charge in [0.25, 0.3) is 0 Å². The Kier molecular flexibility index (Phi) is 6.89. The molecule has 29 heavy (non-hydrogen) atoms. The quantitative estimate of drug-likeness (QED) is 0.767. The van der Waals surface area contributed by atoms with Crippen molar-refractivity contribution in [3.63, 3.8) is 0 Å². The third-order valence-corrected chi connectivity index (χ3v) is 4.97. The highest BCUT2D eigenvalue weighted by Crippen LogP contribution is 2.22. The first-order valence-corrected chi connectivity index (χ1v) is 9.78. The van der Waals surface area contributed by atoms with Gasteiger partial charge in [-0.1, -0.05) is 36.4 Å². The molecule has 3 rings (SSSR count). The lowest BCUT2D eigenvalue weighted by atomic mass is 10.2. The number of nitrogens with one attached hydrogen (secondary N) is 1. The van der Waals surface area contributed by atoms with Crippen molar-refractivity contribution < 1.29 is 14.3 Å². The van der Waals surface area contributed by atoms with Crippen molar-refractivity contribution in [3.8, 4) is 5.75 Å². The number of anilines is 1. The van der Waals surface area contributed by atoms with Crippen molar-refractivity contribution in [1.29, 1.82) is 0 Å². The van der Waals surface area contributed by atoms with Crippen molar-refractivity contribution in [2.75, 3.05) is 38.2 Å². The van der Waals surface area contributed by atoms with Gasteiger partial charge >= 0.3 is 0 Å². The minimum absolute atomic E-state index is 0.0586. The predicted octanol–water partition coefficient (Wildman–Crippen LogP) is 2.56. The number of ether oxygens (including phenoxy) is 1. The van der Waals surface area contributed by atoms with Gasteiger partial charge in [0.2, 0.25) is 11.8 Å². The summed E-state index contributed by atoms with van der Waals surface area (Å²) in [7, 11) is 1.65. The van der Waals surface area contributed by atoms with E-state index in [2.05, 4.69) is 10.2 Å². The molecule has 2 aromatic carbocycles. The van der Waals surface area contributed by atoms with Crippen LogP contribution in [0.3, 0.4) is 0 Å². The van der Waals surface area contributed by atoms with E-state index < -0.39 is 6.04 Å². The van der Waals surface area contributed by atoms with E-state index >= 15 is 0 Å². The molecule has 1 aliphatic rings. The summed E-state index contributed by atoms with van der Waals surface area (Å²) in [4.78, 5) is 28.9. The van der Waals surface area contributed by atoms with Crippen LogP contribution in [0.1, 0.15) is 12.5 Å². The number of hydrogen-bond donors (Lipinski definition) is 1. The molecule has 0 aromatic heterocycles. The molecule has 2 aromatic rings. The van der Waals surface area contributed by atoms with Gasteiger partial charge in [0.05, 0.1) is 7.11 Å². The fraction of sp³-hybridized carbons (Fsp3) is 0.304. The van der Waals surface area contributed by atoms with E-state index in [-0.39, 0.29) is 11.8 Å². The highest BCUT2D eigenvalue weighted by atomic mass is 16.5. The summed E-state index contributed by atoms with van der Waals surface area (Å²) in [5.74, 6) is 0.488. The standard InChI is InChI=1S/C23H27N3O3/c1-18(24-22(27)12-11-19-7-4-3-5-8-19)23(28)26-15-13-25(14-16-26)20-9-6-10-21(17-20)29-2/h3-12,17-18H,13-16H2,1-2H3,(H,24,27)/b12-11+. The number of piperazine rings is 1. The zero-order chi connectivity index (χ0) is 20.6. The van der Waals surface area contributed by atoms with E-state index in [0.717, 1.165) is 30.1 Å². The van der Waals surface area contributed by atoms with Crippen molar-refractivity contribution >= 4 is 23.6 Å². The topological polar surface area (TPSA) is 61.9 Å². The first-order valence-electron chi connectivity index (χ1n) is 9.78. The summed E-state index contributed by atoms with van der Waals surface area (Å²) in [5, 5.41) is 2.76. The van der Waals surface area contributed by atoms with E-state index in [9.17, 15) is 9.59 Å². The van der Waals surface area contributed by atoms with E-state index in [4.69, 9.17) is 4.74 Å². The van der Waals surface area contributed by atoms with Crippen molar-refractivity contribution in [1.82, 2.24) is 10.2 Å². The van der Waals surface area contributed by atoms with E-state index in [1.807, 2.05) is 59.5 Å². The van der Waals surface area contributed by atoms with Crippen molar-refractivity contribution in [2.24, 2.45) is 0 Å². The van der Waals surface area contributed by atoms with Crippen LogP contribution in [0.4, 0.5) is 5.69 Å². The molecule has 1 atom stereocenters. The second-order valence-corrected chi connectivity index (χ2v) is 6.99. The van der Waals surface area contributed by atoms with Gasteiger partial charge in [-0.05, 0) is 30.7 Å². The third kappa shape index (κ3) is 5.60. The van der Waals surface area contributed by atoms with Crippen molar-refractivity contribution in [2.45, 2.75) is 13.0 Å². The van der Waals surface area contributed by atoms with Gasteiger partial charge < -0.3 is 19.9 Å². The molecular weight excluding hydrogens is 366 g/mol. The molecule has 1 aliphatic heterocycles. The zero-order valence-electron chi connectivity index (χ0n) is 16.9. The number of nitrogens with zero attached hydrogens (tertiary/aromatic N) is 2. The zero-order valence-corrected chi connectivity index (χ0v) is 16.9. The molecule has 1 unspecified atom stereocenters. The Labute approximate surface area is 171 Å². The number of carbonyl (C=O) groups is 2. The lowest BCUT2D eigenvalue weighted by molar-refractivity contribution is -0.135. The van der Waals surface area contributed by atoms with Crippen LogP contribution in [0.5, 0.6) is 5.75 Å². The van der Waals surface area contributed by atoms with Crippen LogP contribution in [0.15, 0.2) is 60.7 Å². The van der Waals surface area contributed by atoms with Gasteiger partial charge in [-0.25, -0.2) is 0 Å². The lowest BCUT2D eigenvalue weighted by Gasteiger charge is -2.37.